The molecule has 2 aromatic heterocycles. The van der Waals surface area contributed by atoms with E-state index in [4.69, 9.17) is 0 Å². The Labute approximate surface area is 117 Å². The highest BCUT2D eigenvalue weighted by Crippen LogP contribution is 2.27. The Bertz CT molecular complexity index is 597. The maximum Gasteiger partial charge on any atom is 0.164 e. The molecule has 1 N–H and O–H groups in total. The maximum absolute atomic E-state index is 14.0. The number of hydrogen-bond acceptors (Lipinski definition) is 4. The van der Waals surface area contributed by atoms with Gasteiger partial charge in [-0.3, -0.25) is 9.67 Å². The van der Waals surface area contributed by atoms with Crippen LogP contribution >= 0.6 is 0 Å². The van der Waals surface area contributed by atoms with Crippen molar-refractivity contribution in [2.75, 3.05) is 31.1 Å². The fraction of sp³-hybridized carbons (Fsp3) is 0.429. The fourth-order valence-corrected chi connectivity index (χ4v) is 2.62. The van der Waals surface area contributed by atoms with Crippen LogP contribution in [0.1, 0.15) is 5.56 Å². The van der Waals surface area contributed by atoms with Gasteiger partial charge < -0.3 is 10.2 Å². The zero-order valence-corrected chi connectivity index (χ0v) is 11.7. The summed E-state index contributed by atoms with van der Waals surface area (Å²) in [6.07, 6.45) is 3.10. The summed E-state index contributed by atoms with van der Waals surface area (Å²) in [5.74, 6) is -0.268. The van der Waals surface area contributed by atoms with E-state index in [1.54, 1.807) is 10.9 Å². The SMILES string of the molecule is Cc1cnn(C)c1-c1cc(N2CCNCC2)c(F)cn1. The molecule has 20 heavy (non-hydrogen) atoms. The molecule has 0 bridgehead atoms. The molecule has 3 rings (SSSR count). The molecule has 0 saturated carbocycles. The quantitative estimate of drug-likeness (QED) is 0.898. The largest absolute Gasteiger partial charge is 0.367 e. The molecule has 1 aliphatic rings. The van der Waals surface area contributed by atoms with E-state index in [0.29, 0.717) is 5.69 Å². The lowest BCUT2D eigenvalue weighted by Gasteiger charge is -2.29. The molecule has 1 saturated heterocycles. The van der Waals surface area contributed by atoms with Gasteiger partial charge in [0.2, 0.25) is 0 Å². The summed E-state index contributed by atoms with van der Waals surface area (Å²) in [4.78, 5) is 6.28. The Hall–Kier alpha value is -1.95. The van der Waals surface area contributed by atoms with E-state index in [-0.39, 0.29) is 5.82 Å². The van der Waals surface area contributed by atoms with Crippen LogP contribution in [0.3, 0.4) is 0 Å². The van der Waals surface area contributed by atoms with Crippen LogP contribution in [0.5, 0.6) is 0 Å². The molecule has 1 aliphatic heterocycles. The van der Waals surface area contributed by atoms with Gasteiger partial charge in [0.1, 0.15) is 0 Å². The molecule has 0 atom stereocenters. The zero-order chi connectivity index (χ0) is 14.1. The van der Waals surface area contributed by atoms with Crippen LogP contribution in [0.15, 0.2) is 18.5 Å². The average Bonchev–Trinajstić information content (AvgIpc) is 2.80. The summed E-state index contributed by atoms with van der Waals surface area (Å²) in [5.41, 5.74) is 3.36. The third kappa shape index (κ3) is 2.27. The van der Waals surface area contributed by atoms with Crippen molar-refractivity contribution in [3.8, 4) is 11.4 Å². The number of aromatic nitrogens is 3. The first kappa shape index (κ1) is 13.1. The molecule has 0 aliphatic carbocycles. The first-order valence-electron chi connectivity index (χ1n) is 6.77. The Balaban J connectivity index is 2.02. The van der Waals surface area contributed by atoms with Crippen molar-refractivity contribution < 1.29 is 4.39 Å². The summed E-state index contributed by atoms with van der Waals surface area (Å²) >= 11 is 0. The highest BCUT2D eigenvalue weighted by molar-refractivity contribution is 5.64. The molecule has 2 aromatic rings. The molecule has 0 unspecified atom stereocenters. The lowest BCUT2D eigenvalue weighted by molar-refractivity contribution is 0.564. The number of rotatable bonds is 2. The summed E-state index contributed by atoms with van der Waals surface area (Å²) in [7, 11) is 1.87. The van der Waals surface area contributed by atoms with Crippen LogP contribution in [-0.4, -0.2) is 40.9 Å². The second kappa shape index (κ2) is 5.20. The van der Waals surface area contributed by atoms with Crippen molar-refractivity contribution in [2.24, 2.45) is 7.05 Å². The topological polar surface area (TPSA) is 46.0 Å². The Morgan fingerprint density at radius 2 is 2.00 bits per heavy atom. The number of halogens is 1. The van der Waals surface area contributed by atoms with Gasteiger partial charge in [0.05, 0.1) is 29.5 Å². The van der Waals surface area contributed by atoms with Crippen LogP contribution in [0.25, 0.3) is 11.4 Å². The second-order valence-corrected chi connectivity index (χ2v) is 5.06. The van der Waals surface area contributed by atoms with E-state index in [1.807, 2.05) is 20.0 Å². The molecule has 6 heteroatoms. The van der Waals surface area contributed by atoms with E-state index in [9.17, 15) is 4.39 Å². The molecule has 3 heterocycles. The van der Waals surface area contributed by atoms with Crippen molar-refractivity contribution in [3.63, 3.8) is 0 Å². The van der Waals surface area contributed by atoms with E-state index < -0.39 is 0 Å². The van der Waals surface area contributed by atoms with Gasteiger partial charge in [-0.05, 0) is 18.6 Å². The van der Waals surface area contributed by atoms with Crippen LogP contribution in [0.2, 0.25) is 0 Å². The molecular formula is C14H18FN5. The Morgan fingerprint density at radius 1 is 1.25 bits per heavy atom. The molecule has 5 nitrogen and oxygen atoms in total. The summed E-state index contributed by atoms with van der Waals surface area (Å²) in [6.45, 7) is 5.36. The van der Waals surface area contributed by atoms with Crippen LogP contribution < -0.4 is 10.2 Å². The van der Waals surface area contributed by atoms with Crippen LogP contribution in [-0.2, 0) is 7.05 Å². The van der Waals surface area contributed by atoms with E-state index in [1.165, 1.54) is 6.20 Å². The van der Waals surface area contributed by atoms with Crippen molar-refractivity contribution in [1.82, 2.24) is 20.1 Å². The first-order chi connectivity index (χ1) is 9.66. The van der Waals surface area contributed by atoms with E-state index in [2.05, 4.69) is 20.3 Å². The molecule has 0 radical (unpaired) electrons. The Kier molecular flexibility index (Phi) is 3.40. The first-order valence-corrected chi connectivity index (χ1v) is 6.77. The number of nitrogens with one attached hydrogen (secondary N) is 1. The van der Waals surface area contributed by atoms with E-state index in [0.717, 1.165) is 43.1 Å². The van der Waals surface area contributed by atoms with Gasteiger partial charge in [0.25, 0.3) is 0 Å². The van der Waals surface area contributed by atoms with Gasteiger partial charge in [-0.15, -0.1) is 0 Å². The van der Waals surface area contributed by atoms with Crippen molar-refractivity contribution in [1.29, 1.82) is 0 Å². The lowest BCUT2D eigenvalue weighted by Crippen LogP contribution is -2.43. The van der Waals surface area contributed by atoms with Gasteiger partial charge in [-0.25, -0.2) is 4.39 Å². The highest BCUT2D eigenvalue weighted by atomic mass is 19.1. The van der Waals surface area contributed by atoms with E-state index >= 15 is 0 Å². The molecular weight excluding hydrogens is 257 g/mol. The number of anilines is 1. The predicted molar refractivity (Wildman–Crippen MR) is 76.2 cm³/mol. The zero-order valence-electron chi connectivity index (χ0n) is 11.7. The highest BCUT2D eigenvalue weighted by Gasteiger charge is 2.17. The normalized spacial score (nSPS) is 15.7. The molecule has 0 amide bonds. The monoisotopic (exact) mass is 275 g/mol. The third-order valence-electron chi connectivity index (χ3n) is 3.66. The number of aryl methyl sites for hydroxylation is 2. The lowest BCUT2D eigenvalue weighted by atomic mass is 10.1. The minimum Gasteiger partial charge on any atom is -0.367 e. The minimum absolute atomic E-state index is 0.268. The fourth-order valence-electron chi connectivity index (χ4n) is 2.62. The molecule has 1 fully saturated rings. The van der Waals surface area contributed by atoms with Crippen molar-refractivity contribution in [2.45, 2.75) is 6.92 Å². The van der Waals surface area contributed by atoms with Gasteiger partial charge in [0.15, 0.2) is 5.82 Å². The number of pyridine rings is 1. The van der Waals surface area contributed by atoms with Crippen LogP contribution in [0.4, 0.5) is 10.1 Å². The van der Waals surface area contributed by atoms with Crippen molar-refractivity contribution >= 4 is 5.69 Å². The molecule has 0 spiro atoms. The van der Waals surface area contributed by atoms with Gasteiger partial charge in [-0.1, -0.05) is 0 Å². The maximum atomic E-state index is 14.0. The number of piperazine rings is 1. The van der Waals surface area contributed by atoms with Gasteiger partial charge in [-0.2, -0.15) is 5.10 Å². The number of hydrogen-bond donors (Lipinski definition) is 1. The summed E-state index contributed by atoms with van der Waals surface area (Å²) < 4.78 is 15.8. The van der Waals surface area contributed by atoms with Gasteiger partial charge in [0, 0.05) is 33.2 Å². The Morgan fingerprint density at radius 3 is 2.65 bits per heavy atom. The second-order valence-electron chi connectivity index (χ2n) is 5.06. The minimum atomic E-state index is -0.268. The number of nitrogens with zero attached hydrogens (tertiary/aromatic N) is 4. The molecule has 106 valence electrons. The molecule has 0 aromatic carbocycles. The average molecular weight is 275 g/mol. The standard InChI is InChI=1S/C14H18FN5/c1-10-8-18-19(2)14(10)12-7-13(11(15)9-17-12)20-5-3-16-4-6-20/h7-9,16H,3-6H2,1-2H3. The third-order valence-corrected chi connectivity index (χ3v) is 3.66. The summed E-state index contributed by atoms with van der Waals surface area (Å²) in [5, 5.41) is 7.49. The van der Waals surface area contributed by atoms with Crippen molar-refractivity contribution in [3.05, 3.63) is 29.8 Å². The predicted octanol–water partition coefficient (Wildman–Crippen LogP) is 1.34. The van der Waals surface area contributed by atoms with Gasteiger partial charge >= 0.3 is 0 Å². The summed E-state index contributed by atoms with van der Waals surface area (Å²) in [6, 6.07) is 1.82. The van der Waals surface area contributed by atoms with Crippen LogP contribution in [0, 0.1) is 12.7 Å². The smallest absolute Gasteiger partial charge is 0.164 e.